The summed E-state index contributed by atoms with van der Waals surface area (Å²) in [6.07, 6.45) is 0.742. The first-order valence-corrected chi connectivity index (χ1v) is 4.03. The van der Waals surface area contributed by atoms with Crippen molar-refractivity contribution < 1.29 is 4.79 Å². The van der Waals surface area contributed by atoms with Gasteiger partial charge in [-0.3, -0.25) is 4.79 Å². The van der Waals surface area contributed by atoms with Crippen LogP contribution in [0.1, 0.15) is 15.2 Å². The maximum Gasteiger partial charge on any atom is 0.180 e. The molecule has 52 valence electrons. The Hall–Kier alpha value is -0.670. The summed E-state index contributed by atoms with van der Waals surface area (Å²) in [6.45, 7) is 0. The highest BCUT2D eigenvalue weighted by atomic mass is 32.1. The van der Waals surface area contributed by atoms with Gasteiger partial charge in [-0.2, -0.15) is 0 Å². The van der Waals surface area contributed by atoms with E-state index in [4.69, 9.17) is 5.73 Å². The van der Waals surface area contributed by atoms with E-state index in [1.54, 1.807) is 11.3 Å². The van der Waals surface area contributed by atoms with Crippen LogP contribution >= 0.6 is 11.3 Å². The summed E-state index contributed by atoms with van der Waals surface area (Å²) in [7, 11) is 0. The summed E-state index contributed by atoms with van der Waals surface area (Å²) in [6, 6.07) is 1.59. The molecule has 1 unspecified atom stereocenters. The number of Topliss-reactive ketones (excluding diaryl/α,β-unsaturated/α-hetero) is 1. The largest absolute Gasteiger partial charge is 0.321 e. The van der Waals surface area contributed by atoms with Crippen molar-refractivity contribution in [1.29, 1.82) is 0 Å². The molecule has 1 aliphatic rings. The lowest BCUT2D eigenvalue weighted by atomic mass is 10.2. The predicted octanol–water partition coefficient (Wildman–Crippen LogP) is 0.814. The average molecular weight is 153 g/mol. The zero-order chi connectivity index (χ0) is 7.14. The molecule has 0 amide bonds. The first kappa shape index (κ1) is 6.07. The van der Waals surface area contributed by atoms with E-state index in [9.17, 15) is 4.79 Å². The van der Waals surface area contributed by atoms with Crippen molar-refractivity contribution in [3.63, 3.8) is 0 Å². The van der Waals surface area contributed by atoms with Gasteiger partial charge in [-0.05, 0) is 11.4 Å². The predicted molar refractivity (Wildman–Crippen MR) is 40.3 cm³/mol. The lowest BCUT2D eigenvalue weighted by Gasteiger charge is -1.94. The second kappa shape index (κ2) is 1.90. The topological polar surface area (TPSA) is 43.1 Å². The summed E-state index contributed by atoms with van der Waals surface area (Å²) >= 11 is 1.62. The van der Waals surface area contributed by atoms with Gasteiger partial charge < -0.3 is 5.73 Å². The molecule has 10 heavy (non-hydrogen) atoms. The molecule has 1 aliphatic carbocycles. The summed E-state index contributed by atoms with van der Waals surface area (Å²) in [5.74, 6) is 0.108. The molecule has 0 radical (unpaired) electrons. The Labute approximate surface area is 62.7 Å². The van der Waals surface area contributed by atoms with Gasteiger partial charge in [-0.1, -0.05) is 0 Å². The highest BCUT2D eigenvalue weighted by Crippen LogP contribution is 2.25. The van der Waals surface area contributed by atoms with E-state index in [1.165, 1.54) is 0 Å². The third-order valence-corrected chi connectivity index (χ3v) is 2.70. The average Bonchev–Trinajstić information content (AvgIpc) is 2.41. The second-order valence-corrected chi connectivity index (χ2v) is 3.43. The molecular formula is C7H7NOS. The third-order valence-electron chi connectivity index (χ3n) is 1.75. The number of hydrogen-bond acceptors (Lipinski definition) is 3. The Morgan fingerprint density at radius 3 is 3.20 bits per heavy atom. The van der Waals surface area contributed by atoms with Gasteiger partial charge in [-0.25, -0.2) is 0 Å². The molecule has 0 aliphatic heterocycles. The molecule has 1 aromatic heterocycles. The van der Waals surface area contributed by atoms with E-state index in [0.29, 0.717) is 0 Å². The number of carbonyl (C=O) groups is 1. The number of rotatable bonds is 0. The molecule has 2 nitrogen and oxygen atoms in total. The molecule has 0 fully saturated rings. The van der Waals surface area contributed by atoms with Gasteiger partial charge in [0.1, 0.15) is 0 Å². The number of hydrogen-bond donors (Lipinski definition) is 1. The van der Waals surface area contributed by atoms with Gasteiger partial charge in [0.15, 0.2) is 5.78 Å². The maximum absolute atomic E-state index is 11.1. The molecule has 1 heterocycles. The molecule has 2 N–H and O–H groups in total. The third kappa shape index (κ3) is 0.646. The Bertz CT molecular complexity index is 279. The minimum atomic E-state index is -0.262. The van der Waals surface area contributed by atoms with Crippen molar-refractivity contribution in [3.8, 4) is 0 Å². The Morgan fingerprint density at radius 1 is 1.70 bits per heavy atom. The van der Waals surface area contributed by atoms with Crippen molar-refractivity contribution in [2.24, 2.45) is 5.73 Å². The van der Waals surface area contributed by atoms with Crippen LogP contribution < -0.4 is 5.73 Å². The van der Waals surface area contributed by atoms with Crippen molar-refractivity contribution in [2.45, 2.75) is 12.5 Å². The van der Waals surface area contributed by atoms with E-state index in [-0.39, 0.29) is 11.8 Å². The first-order valence-electron chi connectivity index (χ1n) is 3.15. The van der Waals surface area contributed by atoms with Crippen molar-refractivity contribution in [1.82, 2.24) is 0 Å². The van der Waals surface area contributed by atoms with Crippen molar-refractivity contribution in [3.05, 3.63) is 21.9 Å². The van der Waals surface area contributed by atoms with Crippen LogP contribution in [-0.2, 0) is 6.42 Å². The molecule has 0 aromatic carbocycles. The molecule has 0 saturated heterocycles. The van der Waals surface area contributed by atoms with Crippen LogP contribution in [0.15, 0.2) is 11.4 Å². The number of fused-ring (bicyclic) bond motifs is 1. The molecule has 1 aromatic rings. The first-order chi connectivity index (χ1) is 4.79. The summed E-state index contributed by atoms with van der Waals surface area (Å²) in [5, 5.41) is 1.94. The van der Waals surface area contributed by atoms with Gasteiger partial charge in [0.05, 0.1) is 6.04 Å². The minimum Gasteiger partial charge on any atom is -0.321 e. The number of thiophene rings is 1. The number of carbonyl (C=O) groups excluding carboxylic acids is 1. The highest BCUT2D eigenvalue weighted by molar-refractivity contribution is 7.10. The fourth-order valence-corrected chi connectivity index (χ4v) is 2.15. The maximum atomic E-state index is 11.1. The second-order valence-electron chi connectivity index (χ2n) is 2.43. The van der Waals surface area contributed by atoms with Gasteiger partial charge in [0.25, 0.3) is 0 Å². The summed E-state index contributed by atoms with van der Waals surface area (Å²) < 4.78 is 0. The fraction of sp³-hybridized carbons (Fsp3) is 0.286. The Morgan fingerprint density at radius 2 is 2.50 bits per heavy atom. The lowest BCUT2D eigenvalue weighted by Crippen LogP contribution is -2.26. The van der Waals surface area contributed by atoms with E-state index in [0.717, 1.165) is 16.9 Å². The molecule has 0 saturated carbocycles. The molecule has 3 heteroatoms. The molecule has 0 bridgehead atoms. The van der Waals surface area contributed by atoms with E-state index < -0.39 is 0 Å². The Kier molecular flexibility index (Phi) is 1.16. The van der Waals surface area contributed by atoms with Crippen molar-refractivity contribution >= 4 is 17.1 Å². The smallest absolute Gasteiger partial charge is 0.180 e. The van der Waals surface area contributed by atoms with E-state index >= 15 is 0 Å². The van der Waals surface area contributed by atoms with E-state index in [2.05, 4.69) is 0 Å². The standard InChI is InChI=1S/C7H7NOS/c8-5-3-6-4(7(5)9)1-2-10-6/h1-2,5H,3,8H2. The normalized spacial score (nSPS) is 23.3. The number of ketones is 1. The van der Waals surface area contributed by atoms with Gasteiger partial charge >= 0.3 is 0 Å². The van der Waals surface area contributed by atoms with Crippen LogP contribution in [-0.4, -0.2) is 11.8 Å². The zero-order valence-electron chi connectivity index (χ0n) is 5.33. The lowest BCUT2D eigenvalue weighted by molar-refractivity contribution is 0.0975. The van der Waals surface area contributed by atoms with Gasteiger partial charge in [0, 0.05) is 16.9 Å². The monoisotopic (exact) mass is 153 g/mol. The van der Waals surface area contributed by atoms with Crippen LogP contribution in [0.25, 0.3) is 0 Å². The van der Waals surface area contributed by atoms with Crippen LogP contribution in [0, 0.1) is 0 Å². The molecular weight excluding hydrogens is 146 g/mol. The minimum absolute atomic E-state index is 0.108. The van der Waals surface area contributed by atoms with Crippen molar-refractivity contribution in [2.75, 3.05) is 0 Å². The van der Waals surface area contributed by atoms with E-state index in [1.807, 2.05) is 11.4 Å². The highest BCUT2D eigenvalue weighted by Gasteiger charge is 2.27. The molecule has 2 rings (SSSR count). The van der Waals surface area contributed by atoms with Crippen LogP contribution in [0.4, 0.5) is 0 Å². The Balaban J connectivity index is 2.53. The molecule has 1 atom stereocenters. The zero-order valence-corrected chi connectivity index (χ0v) is 6.15. The number of nitrogens with two attached hydrogens (primary N) is 1. The fourth-order valence-electron chi connectivity index (χ4n) is 1.21. The van der Waals surface area contributed by atoms with Gasteiger partial charge in [0.2, 0.25) is 0 Å². The van der Waals surface area contributed by atoms with Crippen LogP contribution in [0.5, 0.6) is 0 Å². The SMILES string of the molecule is NC1Cc2sccc2C1=O. The molecule has 0 spiro atoms. The summed E-state index contributed by atoms with van der Waals surface area (Å²) in [4.78, 5) is 12.3. The quantitative estimate of drug-likeness (QED) is 0.599. The van der Waals surface area contributed by atoms with Crippen LogP contribution in [0.3, 0.4) is 0 Å². The van der Waals surface area contributed by atoms with Crippen LogP contribution in [0.2, 0.25) is 0 Å². The summed E-state index contributed by atoms with van der Waals surface area (Å²) in [5.41, 5.74) is 6.38. The van der Waals surface area contributed by atoms with Gasteiger partial charge in [-0.15, -0.1) is 11.3 Å².